The molecule has 1 amide bonds. The van der Waals surface area contributed by atoms with E-state index in [0.29, 0.717) is 12.3 Å². The van der Waals surface area contributed by atoms with Crippen LogP contribution >= 0.6 is 0 Å². The lowest BCUT2D eigenvalue weighted by atomic mass is 10.1. The fraction of sp³-hybridized carbons (Fsp3) is 0.250. The molecule has 0 bridgehead atoms. The summed E-state index contributed by atoms with van der Waals surface area (Å²) in [4.78, 5) is 27.2. The average molecular weight is 438 g/mol. The molecule has 0 radical (unpaired) electrons. The number of alkyl halides is 3. The summed E-state index contributed by atoms with van der Waals surface area (Å²) >= 11 is 0. The van der Waals surface area contributed by atoms with Crippen LogP contribution in [0, 0.1) is 6.92 Å². The van der Waals surface area contributed by atoms with Gasteiger partial charge in [0.15, 0.2) is 5.76 Å². The van der Waals surface area contributed by atoms with Crippen molar-refractivity contribution in [1.29, 1.82) is 0 Å². The maximum Gasteiger partial charge on any atom is 0.490 e. The first-order valence-corrected chi connectivity index (χ1v) is 8.91. The Morgan fingerprint density at radius 1 is 1.23 bits per heavy atom. The zero-order chi connectivity index (χ0) is 23.2. The normalized spacial score (nSPS) is 11.1. The number of nitrogens with zero attached hydrogens (tertiary/aromatic N) is 3. The van der Waals surface area contributed by atoms with Crippen molar-refractivity contribution >= 4 is 17.6 Å². The molecular formula is C20H21F3N4O4. The van der Waals surface area contributed by atoms with Gasteiger partial charge in [0.1, 0.15) is 5.76 Å². The zero-order valence-electron chi connectivity index (χ0n) is 17.0. The highest BCUT2D eigenvalue weighted by Crippen LogP contribution is 2.20. The van der Waals surface area contributed by atoms with E-state index in [1.54, 1.807) is 18.6 Å². The van der Waals surface area contributed by atoms with E-state index >= 15 is 0 Å². The molecule has 3 aromatic rings. The molecule has 0 saturated carbocycles. The molecule has 31 heavy (non-hydrogen) atoms. The van der Waals surface area contributed by atoms with Gasteiger partial charge in [-0.05, 0) is 56.9 Å². The standard InChI is InChI=1S/C18H20N4O2.C2HF3O2/c1-13-10-14(4-6-16(13)22-9-8-19-12-22)20-18(23)17-7-5-15(24-17)11-21(2)3;3-2(4,5)1(6)7/h4-10,12H,11H2,1-3H3,(H,20,23);(H,6,7). The van der Waals surface area contributed by atoms with E-state index in [4.69, 9.17) is 14.3 Å². The molecule has 0 unspecified atom stereocenters. The Morgan fingerprint density at radius 2 is 1.90 bits per heavy atom. The van der Waals surface area contributed by atoms with E-state index in [2.05, 4.69) is 10.3 Å². The minimum absolute atomic E-state index is 0.255. The lowest BCUT2D eigenvalue weighted by Gasteiger charge is -2.10. The maximum atomic E-state index is 12.3. The number of aliphatic carboxylic acids is 1. The van der Waals surface area contributed by atoms with Gasteiger partial charge in [0, 0.05) is 23.8 Å². The van der Waals surface area contributed by atoms with Crippen LogP contribution in [0.2, 0.25) is 0 Å². The van der Waals surface area contributed by atoms with Crippen LogP contribution in [0.25, 0.3) is 5.69 Å². The van der Waals surface area contributed by atoms with Crippen molar-refractivity contribution in [3.8, 4) is 5.69 Å². The monoisotopic (exact) mass is 438 g/mol. The molecule has 166 valence electrons. The molecule has 2 aromatic heterocycles. The van der Waals surface area contributed by atoms with Gasteiger partial charge in [0.05, 0.1) is 12.9 Å². The second-order valence-electron chi connectivity index (χ2n) is 6.73. The fourth-order valence-electron chi connectivity index (χ4n) is 2.51. The van der Waals surface area contributed by atoms with Gasteiger partial charge in [-0.3, -0.25) is 4.79 Å². The number of furan rings is 1. The van der Waals surface area contributed by atoms with Gasteiger partial charge in [-0.15, -0.1) is 0 Å². The number of carbonyl (C=O) groups is 2. The second-order valence-corrected chi connectivity index (χ2v) is 6.73. The van der Waals surface area contributed by atoms with Gasteiger partial charge in [-0.25, -0.2) is 9.78 Å². The van der Waals surface area contributed by atoms with Crippen molar-refractivity contribution in [3.63, 3.8) is 0 Å². The number of carboxylic acid groups (broad SMARTS) is 1. The van der Waals surface area contributed by atoms with Crippen molar-refractivity contribution in [2.45, 2.75) is 19.6 Å². The number of amides is 1. The third-order valence-electron chi connectivity index (χ3n) is 3.84. The number of benzene rings is 1. The highest BCUT2D eigenvalue weighted by Gasteiger charge is 2.38. The minimum Gasteiger partial charge on any atom is -0.475 e. The lowest BCUT2D eigenvalue weighted by molar-refractivity contribution is -0.192. The SMILES string of the molecule is Cc1cc(NC(=O)c2ccc(CN(C)C)o2)ccc1-n1ccnc1.O=C(O)C(F)(F)F. The van der Waals surface area contributed by atoms with Crippen molar-refractivity contribution in [2.75, 3.05) is 19.4 Å². The first-order valence-electron chi connectivity index (χ1n) is 8.91. The third kappa shape index (κ3) is 7.00. The number of aromatic nitrogens is 2. The van der Waals surface area contributed by atoms with E-state index in [0.717, 1.165) is 22.7 Å². The van der Waals surface area contributed by atoms with Gasteiger partial charge < -0.3 is 24.3 Å². The highest BCUT2D eigenvalue weighted by molar-refractivity contribution is 6.02. The van der Waals surface area contributed by atoms with Crippen LogP contribution in [0.5, 0.6) is 0 Å². The van der Waals surface area contributed by atoms with E-state index < -0.39 is 12.1 Å². The topological polar surface area (TPSA) is 101 Å². The van der Waals surface area contributed by atoms with E-state index in [1.165, 1.54) is 0 Å². The summed E-state index contributed by atoms with van der Waals surface area (Å²) in [5.41, 5.74) is 2.79. The van der Waals surface area contributed by atoms with Crippen LogP contribution < -0.4 is 5.32 Å². The molecule has 0 aliphatic carbocycles. The summed E-state index contributed by atoms with van der Waals surface area (Å²) in [5, 5.41) is 9.99. The molecule has 0 saturated heterocycles. The molecule has 0 atom stereocenters. The summed E-state index contributed by atoms with van der Waals surface area (Å²) < 4.78 is 39.2. The van der Waals surface area contributed by atoms with Crippen LogP contribution in [0.15, 0.2) is 53.5 Å². The molecule has 0 aliphatic heterocycles. The van der Waals surface area contributed by atoms with Crippen molar-refractivity contribution < 1.29 is 32.3 Å². The Labute approximate surface area is 175 Å². The Bertz CT molecular complexity index is 1030. The molecule has 0 spiro atoms. The van der Waals surface area contributed by atoms with Crippen LogP contribution in [0.3, 0.4) is 0 Å². The lowest BCUT2D eigenvalue weighted by Crippen LogP contribution is -2.21. The Kier molecular flexibility index (Phi) is 7.59. The summed E-state index contributed by atoms with van der Waals surface area (Å²) in [7, 11) is 3.90. The van der Waals surface area contributed by atoms with Gasteiger partial charge in [0.2, 0.25) is 0 Å². The molecule has 0 fully saturated rings. The van der Waals surface area contributed by atoms with Crippen LogP contribution in [0.1, 0.15) is 21.9 Å². The molecule has 0 aliphatic rings. The second kappa shape index (κ2) is 9.94. The molecule has 2 N–H and O–H groups in total. The van der Waals surface area contributed by atoms with Crippen molar-refractivity contribution in [1.82, 2.24) is 14.5 Å². The average Bonchev–Trinajstić information content (AvgIpc) is 3.33. The van der Waals surface area contributed by atoms with Crippen molar-refractivity contribution in [3.05, 3.63) is 66.1 Å². The summed E-state index contributed by atoms with van der Waals surface area (Å²) in [5.74, 6) is -1.94. The van der Waals surface area contributed by atoms with E-state index in [1.807, 2.05) is 60.9 Å². The fourth-order valence-corrected chi connectivity index (χ4v) is 2.51. The Balaban J connectivity index is 0.000000423. The number of carbonyl (C=O) groups excluding carboxylic acids is 1. The molecular weight excluding hydrogens is 417 g/mol. The highest BCUT2D eigenvalue weighted by atomic mass is 19.4. The van der Waals surface area contributed by atoms with Crippen molar-refractivity contribution in [2.24, 2.45) is 0 Å². The van der Waals surface area contributed by atoms with Crippen LogP contribution in [0.4, 0.5) is 18.9 Å². The largest absolute Gasteiger partial charge is 0.490 e. The Hall–Kier alpha value is -3.60. The summed E-state index contributed by atoms with van der Waals surface area (Å²) in [6.45, 7) is 2.65. The number of aryl methyl sites for hydroxylation is 1. The molecule has 2 heterocycles. The third-order valence-corrected chi connectivity index (χ3v) is 3.84. The predicted octanol–water partition coefficient (Wildman–Crippen LogP) is 3.72. The number of anilines is 1. The summed E-state index contributed by atoms with van der Waals surface area (Å²) in [6, 6.07) is 9.26. The smallest absolute Gasteiger partial charge is 0.475 e. The maximum absolute atomic E-state index is 12.3. The number of nitrogens with one attached hydrogen (secondary N) is 1. The van der Waals surface area contributed by atoms with Gasteiger partial charge in [-0.2, -0.15) is 13.2 Å². The number of halogens is 3. The zero-order valence-corrected chi connectivity index (χ0v) is 17.0. The molecule has 1 aromatic carbocycles. The van der Waals surface area contributed by atoms with Gasteiger partial charge in [0.25, 0.3) is 5.91 Å². The quantitative estimate of drug-likeness (QED) is 0.630. The molecule has 11 heteroatoms. The number of carboxylic acids is 1. The van der Waals surface area contributed by atoms with Gasteiger partial charge >= 0.3 is 12.1 Å². The Morgan fingerprint density at radius 3 is 2.42 bits per heavy atom. The van der Waals surface area contributed by atoms with Gasteiger partial charge in [-0.1, -0.05) is 0 Å². The number of imidazole rings is 1. The number of rotatable bonds is 5. The van der Waals surface area contributed by atoms with Crippen LogP contribution in [-0.4, -0.2) is 51.7 Å². The minimum atomic E-state index is -5.08. The summed E-state index contributed by atoms with van der Waals surface area (Å²) in [6.07, 6.45) is 0.281. The number of hydrogen-bond donors (Lipinski definition) is 2. The predicted molar refractivity (Wildman–Crippen MR) is 106 cm³/mol. The number of hydrogen-bond acceptors (Lipinski definition) is 5. The molecule has 8 nitrogen and oxygen atoms in total. The van der Waals surface area contributed by atoms with E-state index in [-0.39, 0.29) is 5.91 Å². The molecule has 3 rings (SSSR count). The first-order chi connectivity index (χ1) is 14.5. The van der Waals surface area contributed by atoms with Crippen LogP contribution in [-0.2, 0) is 11.3 Å². The van der Waals surface area contributed by atoms with E-state index in [9.17, 15) is 18.0 Å². The first kappa shape index (κ1) is 23.7.